The fraction of sp³-hybridized carbons (Fsp3) is 0.367. The molecular weight excluding hydrogens is 418 g/mol. The molecule has 4 heteroatoms. The molecule has 4 rings (SSSR count). The third-order valence-corrected chi connectivity index (χ3v) is 5.37. The molecule has 1 fully saturated rings. The van der Waals surface area contributed by atoms with Gasteiger partial charge in [0.05, 0.1) is 18.2 Å². The first-order valence-electron chi connectivity index (χ1n) is 12.0. The summed E-state index contributed by atoms with van der Waals surface area (Å²) in [7, 11) is 0. The van der Waals surface area contributed by atoms with Gasteiger partial charge in [0.2, 0.25) is 0 Å². The zero-order valence-electron chi connectivity index (χ0n) is 20.9. The topological polar surface area (TPSA) is 59.3 Å². The summed E-state index contributed by atoms with van der Waals surface area (Å²) in [5.41, 5.74) is 3.35. The van der Waals surface area contributed by atoms with Crippen molar-refractivity contribution < 1.29 is 5.11 Å². The van der Waals surface area contributed by atoms with Gasteiger partial charge in [0, 0.05) is 19.1 Å². The van der Waals surface area contributed by atoms with Crippen LogP contribution in [0.3, 0.4) is 0 Å². The highest BCUT2D eigenvalue weighted by atomic mass is 16.3. The first-order valence-corrected chi connectivity index (χ1v) is 12.0. The molecule has 4 nitrogen and oxygen atoms in total. The van der Waals surface area contributed by atoms with E-state index in [0.29, 0.717) is 12.6 Å². The fourth-order valence-corrected chi connectivity index (χ4v) is 3.64. The van der Waals surface area contributed by atoms with Crippen LogP contribution in [0.15, 0.2) is 66.7 Å². The number of likely N-dealkylation sites (tertiary alicyclic amines) is 1. The van der Waals surface area contributed by atoms with E-state index in [1.54, 1.807) is 0 Å². The molecule has 0 spiro atoms. The molecule has 0 aliphatic carbocycles. The maximum absolute atomic E-state index is 8.76. The molecule has 34 heavy (non-hydrogen) atoms. The molecule has 3 aromatic carbocycles. The predicted octanol–water partition coefficient (Wildman–Crippen LogP) is 5.39. The molecule has 1 unspecified atom stereocenters. The van der Waals surface area contributed by atoms with Crippen molar-refractivity contribution in [2.24, 2.45) is 0 Å². The summed E-state index contributed by atoms with van der Waals surface area (Å²) >= 11 is 0. The van der Waals surface area contributed by atoms with Crippen LogP contribution in [0.4, 0.5) is 0 Å². The number of nitrogens with zero attached hydrogens (tertiary/aromatic N) is 2. The Morgan fingerprint density at radius 2 is 1.68 bits per heavy atom. The van der Waals surface area contributed by atoms with Crippen molar-refractivity contribution in [3.8, 4) is 18.9 Å². The summed E-state index contributed by atoms with van der Waals surface area (Å²) in [6.07, 6.45) is 10.3. The van der Waals surface area contributed by atoms with Gasteiger partial charge in [-0.15, -0.1) is 12.8 Å². The lowest BCUT2D eigenvalue weighted by Gasteiger charge is -2.30. The smallest absolute Gasteiger partial charge is 0.0991 e. The molecule has 3 aromatic rings. The molecule has 0 saturated carbocycles. The first kappa shape index (κ1) is 28.9. The minimum atomic E-state index is 0.196. The van der Waals surface area contributed by atoms with Gasteiger partial charge in [-0.05, 0) is 66.9 Å². The van der Waals surface area contributed by atoms with E-state index in [-0.39, 0.29) is 6.61 Å². The maximum Gasteiger partial charge on any atom is 0.0991 e. The average Bonchev–Trinajstić information content (AvgIpc) is 2.88. The maximum atomic E-state index is 8.76. The number of hydrogen-bond acceptors (Lipinski definition) is 4. The molecule has 1 aliphatic heterocycles. The Kier molecular flexibility index (Phi) is 14.7. The van der Waals surface area contributed by atoms with E-state index in [2.05, 4.69) is 84.6 Å². The Labute approximate surface area is 206 Å². The van der Waals surface area contributed by atoms with Crippen LogP contribution in [0.5, 0.6) is 0 Å². The van der Waals surface area contributed by atoms with Gasteiger partial charge in [-0.2, -0.15) is 5.26 Å². The minimum Gasteiger partial charge on any atom is -0.395 e. The number of nitriles is 1. The Morgan fingerprint density at radius 1 is 0.971 bits per heavy atom. The molecule has 1 heterocycles. The summed E-state index contributed by atoms with van der Waals surface area (Å²) in [5, 5.41) is 23.3. The molecule has 1 saturated heterocycles. The average molecular weight is 458 g/mol. The number of nitrogens with one attached hydrogen (secondary N) is 1. The summed E-state index contributed by atoms with van der Waals surface area (Å²) < 4.78 is 0. The SMILES string of the molecule is C#C.CC.CC(Cc1ccc2ccccc2c1)NCCO.N#Cc1cccc(CN2CCC2)c1. The van der Waals surface area contributed by atoms with E-state index >= 15 is 0 Å². The van der Waals surface area contributed by atoms with E-state index in [1.165, 1.54) is 41.4 Å². The van der Waals surface area contributed by atoms with Crippen molar-refractivity contribution in [3.63, 3.8) is 0 Å². The van der Waals surface area contributed by atoms with E-state index < -0.39 is 0 Å². The molecule has 0 bridgehead atoms. The van der Waals surface area contributed by atoms with Crippen LogP contribution in [-0.2, 0) is 13.0 Å². The lowest BCUT2D eigenvalue weighted by atomic mass is 10.0. The highest BCUT2D eigenvalue weighted by Gasteiger charge is 2.13. The van der Waals surface area contributed by atoms with Gasteiger partial charge >= 0.3 is 0 Å². The number of terminal acetylenes is 1. The molecular formula is C30H39N3O. The van der Waals surface area contributed by atoms with Crippen LogP contribution < -0.4 is 5.32 Å². The van der Waals surface area contributed by atoms with Gasteiger partial charge < -0.3 is 10.4 Å². The summed E-state index contributed by atoms with van der Waals surface area (Å²) in [6, 6.07) is 25.4. The lowest BCUT2D eigenvalue weighted by Crippen LogP contribution is -2.36. The largest absolute Gasteiger partial charge is 0.395 e. The predicted molar refractivity (Wildman–Crippen MR) is 144 cm³/mol. The molecule has 0 aromatic heterocycles. The van der Waals surface area contributed by atoms with Crippen molar-refractivity contribution in [1.29, 1.82) is 5.26 Å². The number of benzene rings is 3. The first-order chi connectivity index (χ1) is 16.7. The van der Waals surface area contributed by atoms with Crippen molar-refractivity contribution in [1.82, 2.24) is 10.2 Å². The normalized spacial score (nSPS) is 12.9. The van der Waals surface area contributed by atoms with Crippen LogP contribution in [-0.4, -0.2) is 42.3 Å². The van der Waals surface area contributed by atoms with E-state index in [1.807, 2.05) is 32.0 Å². The Morgan fingerprint density at radius 3 is 2.29 bits per heavy atom. The van der Waals surface area contributed by atoms with Gasteiger partial charge in [0.25, 0.3) is 0 Å². The van der Waals surface area contributed by atoms with Crippen LogP contribution in [0.25, 0.3) is 10.8 Å². The highest BCUT2D eigenvalue weighted by Crippen LogP contribution is 2.16. The molecule has 1 atom stereocenters. The number of aliphatic hydroxyl groups is 1. The van der Waals surface area contributed by atoms with Crippen LogP contribution in [0.2, 0.25) is 0 Å². The Hall–Kier alpha value is -3.15. The van der Waals surface area contributed by atoms with Crippen molar-refractivity contribution in [2.45, 2.75) is 46.2 Å². The third kappa shape index (κ3) is 10.2. The zero-order chi connectivity index (χ0) is 25.2. The van der Waals surface area contributed by atoms with Gasteiger partial charge in [-0.1, -0.05) is 68.4 Å². The van der Waals surface area contributed by atoms with Crippen molar-refractivity contribution in [3.05, 3.63) is 83.4 Å². The molecule has 1 aliphatic rings. The molecule has 0 radical (unpaired) electrons. The summed E-state index contributed by atoms with van der Waals surface area (Å²) in [4.78, 5) is 2.39. The zero-order valence-corrected chi connectivity index (χ0v) is 20.9. The van der Waals surface area contributed by atoms with Crippen molar-refractivity contribution in [2.75, 3.05) is 26.2 Å². The number of hydrogen-bond donors (Lipinski definition) is 2. The number of fused-ring (bicyclic) bond motifs is 1. The Balaban J connectivity index is 0.000000304. The second-order valence-electron chi connectivity index (χ2n) is 7.91. The highest BCUT2D eigenvalue weighted by molar-refractivity contribution is 5.83. The van der Waals surface area contributed by atoms with Gasteiger partial charge in [0.1, 0.15) is 0 Å². The molecule has 2 N–H and O–H groups in total. The number of rotatable bonds is 7. The second-order valence-corrected chi connectivity index (χ2v) is 7.91. The Bertz CT molecular complexity index is 1020. The molecule has 180 valence electrons. The minimum absolute atomic E-state index is 0.196. The molecule has 0 amide bonds. The van der Waals surface area contributed by atoms with Crippen LogP contribution in [0.1, 0.15) is 43.9 Å². The summed E-state index contributed by atoms with van der Waals surface area (Å²) in [6.45, 7) is 10.4. The third-order valence-electron chi connectivity index (χ3n) is 5.37. The van der Waals surface area contributed by atoms with E-state index in [4.69, 9.17) is 10.4 Å². The van der Waals surface area contributed by atoms with Crippen LogP contribution in [0, 0.1) is 24.2 Å². The van der Waals surface area contributed by atoms with E-state index in [0.717, 1.165) is 18.5 Å². The van der Waals surface area contributed by atoms with Gasteiger partial charge in [-0.3, -0.25) is 4.90 Å². The quantitative estimate of drug-likeness (QED) is 0.467. The van der Waals surface area contributed by atoms with Crippen LogP contribution >= 0.6 is 0 Å². The van der Waals surface area contributed by atoms with Gasteiger partial charge in [0.15, 0.2) is 0 Å². The van der Waals surface area contributed by atoms with Crippen molar-refractivity contribution >= 4 is 10.8 Å². The summed E-state index contributed by atoms with van der Waals surface area (Å²) in [5.74, 6) is 0. The fourth-order valence-electron chi connectivity index (χ4n) is 3.64. The van der Waals surface area contributed by atoms with Gasteiger partial charge in [-0.25, -0.2) is 0 Å². The standard InChI is InChI=1S/C15H19NO.C11H12N2.C2H6.C2H2/c1-12(16-8-9-17)10-13-6-7-14-4-2-3-5-15(14)11-13;12-8-10-3-1-4-11(7-10)9-13-5-2-6-13;2*1-2/h2-7,11-12,16-17H,8-10H2,1H3;1,3-4,7H,2,5-6,9H2;1-2H3;1-2H. The monoisotopic (exact) mass is 457 g/mol. The van der Waals surface area contributed by atoms with E-state index in [9.17, 15) is 0 Å². The lowest BCUT2D eigenvalue weighted by molar-refractivity contribution is 0.172. The number of aliphatic hydroxyl groups excluding tert-OH is 1. The second kappa shape index (κ2) is 17.3.